The Hall–Kier alpha value is -2.15. The first-order valence-corrected chi connectivity index (χ1v) is 9.09. The zero-order valence-corrected chi connectivity index (χ0v) is 16.0. The van der Waals surface area contributed by atoms with Gasteiger partial charge in [0, 0.05) is 37.9 Å². The Morgan fingerprint density at radius 1 is 1.16 bits per heavy atom. The maximum Gasteiger partial charge on any atom is 0.191 e. The first-order chi connectivity index (χ1) is 12.0. The summed E-state index contributed by atoms with van der Waals surface area (Å²) in [4.78, 5) is 7.11. The highest BCUT2D eigenvalue weighted by atomic mass is 15.3. The summed E-state index contributed by atoms with van der Waals surface area (Å²) >= 11 is 0. The molecule has 7 nitrogen and oxygen atoms in total. The van der Waals surface area contributed by atoms with Crippen molar-refractivity contribution < 1.29 is 0 Å². The van der Waals surface area contributed by atoms with Crippen LogP contribution in [-0.4, -0.2) is 57.2 Å². The molecule has 0 bridgehead atoms. The molecule has 2 heterocycles. The van der Waals surface area contributed by atoms with Crippen LogP contribution < -0.4 is 10.6 Å². The van der Waals surface area contributed by atoms with Crippen LogP contribution >= 0.6 is 0 Å². The van der Waals surface area contributed by atoms with E-state index in [1.54, 1.807) is 0 Å². The van der Waals surface area contributed by atoms with E-state index in [9.17, 15) is 0 Å². The Balaban J connectivity index is 1.96. The van der Waals surface area contributed by atoms with Crippen molar-refractivity contribution in [3.63, 3.8) is 0 Å². The first-order valence-electron chi connectivity index (χ1n) is 9.09. The summed E-state index contributed by atoms with van der Waals surface area (Å²) in [6.07, 6.45) is 1.96. The number of rotatable bonds is 8. The summed E-state index contributed by atoms with van der Waals surface area (Å²) in [6, 6.07) is 6.93. The van der Waals surface area contributed by atoms with E-state index >= 15 is 0 Å². The van der Waals surface area contributed by atoms with Crippen LogP contribution in [0.15, 0.2) is 29.4 Å². The van der Waals surface area contributed by atoms with Gasteiger partial charge in [-0.15, -0.1) is 10.2 Å². The molecule has 0 saturated carbocycles. The second-order valence-corrected chi connectivity index (χ2v) is 6.59. The van der Waals surface area contributed by atoms with Crippen LogP contribution in [0.3, 0.4) is 0 Å². The summed E-state index contributed by atoms with van der Waals surface area (Å²) in [5, 5.41) is 15.1. The van der Waals surface area contributed by atoms with Crippen molar-refractivity contribution in [1.82, 2.24) is 30.1 Å². The van der Waals surface area contributed by atoms with Gasteiger partial charge in [-0.05, 0) is 46.8 Å². The van der Waals surface area contributed by atoms with E-state index in [1.807, 2.05) is 28.8 Å². The number of nitrogens with zero attached hydrogens (tertiary/aromatic N) is 5. The molecule has 0 unspecified atom stereocenters. The van der Waals surface area contributed by atoms with Crippen molar-refractivity contribution in [3.8, 4) is 0 Å². The molecular weight excluding hydrogens is 314 g/mol. The number of guanidine groups is 1. The summed E-state index contributed by atoms with van der Waals surface area (Å²) in [5.41, 5.74) is 0.843. The smallest absolute Gasteiger partial charge is 0.191 e. The standard InChI is InChI=1S/C18H31N7/c1-6-19-18(20-10-12-24(14(2)3)15(4)5)21-13-17-23-22-16-9-7-8-11-25(16)17/h7-9,11,14-15H,6,10,12-13H2,1-5H3,(H2,19,20,21). The molecule has 0 atom stereocenters. The van der Waals surface area contributed by atoms with Crippen molar-refractivity contribution >= 4 is 11.6 Å². The summed E-state index contributed by atoms with van der Waals surface area (Å²) in [6.45, 7) is 14.1. The number of aromatic nitrogens is 3. The van der Waals surface area contributed by atoms with Crippen LogP contribution in [0.4, 0.5) is 0 Å². The second kappa shape index (κ2) is 9.36. The topological polar surface area (TPSA) is 69.8 Å². The van der Waals surface area contributed by atoms with Gasteiger partial charge in [0.1, 0.15) is 6.54 Å². The van der Waals surface area contributed by atoms with Crippen molar-refractivity contribution in [2.45, 2.75) is 53.2 Å². The lowest BCUT2D eigenvalue weighted by molar-refractivity contribution is 0.178. The van der Waals surface area contributed by atoms with Gasteiger partial charge < -0.3 is 10.6 Å². The lowest BCUT2D eigenvalue weighted by Gasteiger charge is -2.30. The zero-order chi connectivity index (χ0) is 18.2. The van der Waals surface area contributed by atoms with Gasteiger partial charge >= 0.3 is 0 Å². The fourth-order valence-electron chi connectivity index (χ4n) is 2.91. The molecule has 0 aliphatic heterocycles. The Morgan fingerprint density at radius 2 is 1.92 bits per heavy atom. The van der Waals surface area contributed by atoms with Gasteiger partial charge in [-0.25, -0.2) is 4.99 Å². The van der Waals surface area contributed by atoms with Gasteiger partial charge in [-0.2, -0.15) is 0 Å². The van der Waals surface area contributed by atoms with E-state index in [-0.39, 0.29) is 0 Å². The zero-order valence-electron chi connectivity index (χ0n) is 16.0. The quantitative estimate of drug-likeness (QED) is 0.565. The number of fused-ring (bicyclic) bond motifs is 1. The van der Waals surface area contributed by atoms with Crippen LogP contribution in [0.2, 0.25) is 0 Å². The average molecular weight is 345 g/mol. The number of aliphatic imine (C=N–C) groups is 1. The Morgan fingerprint density at radius 3 is 2.60 bits per heavy atom. The predicted molar refractivity (Wildman–Crippen MR) is 103 cm³/mol. The molecule has 0 aliphatic rings. The molecule has 7 heteroatoms. The van der Waals surface area contributed by atoms with Crippen LogP contribution in [0.25, 0.3) is 5.65 Å². The Kier molecular flexibility index (Phi) is 7.18. The lowest BCUT2D eigenvalue weighted by atomic mass is 10.2. The van der Waals surface area contributed by atoms with Gasteiger partial charge in [0.2, 0.25) is 0 Å². The minimum Gasteiger partial charge on any atom is -0.357 e. The highest BCUT2D eigenvalue weighted by Crippen LogP contribution is 2.04. The van der Waals surface area contributed by atoms with E-state index in [0.717, 1.165) is 37.1 Å². The Bertz CT molecular complexity index is 667. The molecule has 0 aliphatic carbocycles. The minimum absolute atomic E-state index is 0.485. The van der Waals surface area contributed by atoms with E-state index in [2.05, 4.69) is 65.3 Å². The van der Waals surface area contributed by atoms with Gasteiger partial charge in [0.05, 0.1) is 0 Å². The van der Waals surface area contributed by atoms with Gasteiger partial charge in [-0.1, -0.05) is 6.07 Å². The van der Waals surface area contributed by atoms with Crippen molar-refractivity contribution in [1.29, 1.82) is 0 Å². The van der Waals surface area contributed by atoms with Crippen molar-refractivity contribution in [2.24, 2.45) is 4.99 Å². The van der Waals surface area contributed by atoms with Crippen LogP contribution in [-0.2, 0) is 6.54 Å². The van der Waals surface area contributed by atoms with E-state index < -0.39 is 0 Å². The molecule has 2 N–H and O–H groups in total. The molecule has 0 fully saturated rings. The third-order valence-corrected chi connectivity index (χ3v) is 4.10. The first kappa shape index (κ1) is 19.2. The summed E-state index contributed by atoms with van der Waals surface area (Å²) in [7, 11) is 0. The van der Waals surface area contributed by atoms with Gasteiger partial charge in [0.15, 0.2) is 17.4 Å². The molecule has 0 saturated heterocycles. The maximum atomic E-state index is 4.65. The summed E-state index contributed by atoms with van der Waals surface area (Å²) < 4.78 is 1.96. The minimum atomic E-state index is 0.485. The van der Waals surface area contributed by atoms with Crippen LogP contribution in [0, 0.1) is 0 Å². The average Bonchev–Trinajstić information content (AvgIpc) is 2.99. The highest BCUT2D eigenvalue weighted by Gasteiger charge is 2.12. The predicted octanol–water partition coefficient (Wildman–Crippen LogP) is 1.90. The lowest BCUT2D eigenvalue weighted by Crippen LogP contribution is -2.45. The molecular formula is C18H31N7. The fourth-order valence-corrected chi connectivity index (χ4v) is 2.91. The SMILES string of the molecule is CCNC(=NCc1nnc2ccccn12)NCCN(C(C)C)C(C)C. The molecule has 2 aromatic rings. The Labute approximate surface area is 150 Å². The highest BCUT2D eigenvalue weighted by molar-refractivity contribution is 5.79. The van der Waals surface area contributed by atoms with E-state index in [4.69, 9.17) is 0 Å². The molecule has 25 heavy (non-hydrogen) atoms. The summed E-state index contributed by atoms with van der Waals surface area (Å²) in [5.74, 6) is 1.64. The second-order valence-electron chi connectivity index (χ2n) is 6.59. The molecule has 0 aromatic carbocycles. The molecule has 138 valence electrons. The molecule has 0 spiro atoms. The normalized spacial score (nSPS) is 12.6. The molecule has 0 amide bonds. The van der Waals surface area contributed by atoms with Gasteiger partial charge in [0.25, 0.3) is 0 Å². The largest absolute Gasteiger partial charge is 0.357 e. The maximum absolute atomic E-state index is 4.65. The van der Waals surface area contributed by atoms with Crippen molar-refractivity contribution in [2.75, 3.05) is 19.6 Å². The third kappa shape index (κ3) is 5.42. The molecule has 2 rings (SSSR count). The number of pyridine rings is 1. The number of hydrogen-bond acceptors (Lipinski definition) is 4. The van der Waals surface area contributed by atoms with Gasteiger partial charge in [-0.3, -0.25) is 9.30 Å². The van der Waals surface area contributed by atoms with E-state index in [0.29, 0.717) is 18.6 Å². The molecule has 2 aromatic heterocycles. The number of hydrogen-bond donors (Lipinski definition) is 2. The van der Waals surface area contributed by atoms with Crippen LogP contribution in [0.1, 0.15) is 40.4 Å². The monoisotopic (exact) mass is 345 g/mol. The van der Waals surface area contributed by atoms with Crippen LogP contribution in [0.5, 0.6) is 0 Å². The fraction of sp³-hybridized carbons (Fsp3) is 0.611. The van der Waals surface area contributed by atoms with Crippen molar-refractivity contribution in [3.05, 3.63) is 30.2 Å². The molecule has 0 radical (unpaired) electrons. The third-order valence-electron chi connectivity index (χ3n) is 4.10. The number of nitrogens with one attached hydrogen (secondary N) is 2. The van der Waals surface area contributed by atoms with E-state index in [1.165, 1.54) is 0 Å².